The lowest BCUT2D eigenvalue weighted by molar-refractivity contribution is -0.562. The number of esters is 1. The number of likely N-dealkylation sites (N-methyl/N-ethyl adjacent to an activating group) is 1. The Kier molecular flexibility index (Phi) is 47.5. The fourth-order valence-corrected chi connectivity index (χ4v) is 15.5. The summed E-state index contributed by atoms with van der Waals surface area (Å²) in [6, 6.07) is 72.9. The number of alkyl halides is 2. The van der Waals surface area contributed by atoms with Crippen molar-refractivity contribution in [3.05, 3.63) is 318 Å². The summed E-state index contributed by atoms with van der Waals surface area (Å²) in [5.74, 6) is 8.18. The predicted molar refractivity (Wildman–Crippen MR) is 552 cm³/mol. The van der Waals surface area contributed by atoms with Gasteiger partial charge in [0.15, 0.2) is 12.1 Å². The number of nitrogens with zero attached hydrogens (tertiary/aromatic N) is 3. The van der Waals surface area contributed by atoms with Crippen molar-refractivity contribution in [1.82, 2.24) is 0 Å². The van der Waals surface area contributed by atoms with Crippen molar-refractivity contribution in [1.29, 1.82) is 0 Å². The summed E-state index contributed by atoms with van der Waals surface area (Å²) in [5, 5.41) is 9.59. The number of halogens is 2. The molecule has 5 unspecified atom stereocenters. The zero-order chi connectivity index (χ0) is 93.0. The molecule has 0 spiro atoms. The fraction of sp³-hybridized carbons (Fsp3) is 0.418. The van der Waals surface area contributed by atoms with E-state index in [4.69, 9.17) is 52.4 Å². The molecule has 0 amide bonds. The van der Waals surface area contributed by atoms with Crippen LogP contribution in [0.15, 0.2) is 222 Å². The second-order valence-electron chi connectivity index (χ2n) is 34.3. The number of methoxy groups -OCH3 is 7. The van der Waals surface area contributed by atoms with Crippen molar-refractivity contribution < 1.29 is 61.8 Å². The molecule has 18 heteroatoms. The average molecular weight is 1940 g/mol. The first-order valence-electron chi connectivity index (χ1n) is 43.3. The van der Waals surface area contributed by atoms with E-state index in [9.17, 15) is 9.90 Å². The quantitative estimate of drug-likeness (QED) is 0.0190. The Balaban J connectivity index is 0.000000322. The fourth-order valence-electron chi connectivity index (χ4n) is 15.1. The molecule has 3 aliphatic rings. The maximum Gasteiger partial charge on any atom is 0.370 e. The zero-order valence-electron chi connectivity index (χ0n) is 80.0. The highest BCUT2D eigenvalue weighted by Crippen LogP contribution is 2.39. The molecule has 0 radical (unpaired) electrons. The topological polar surface area (TPSA) is 157 Å². The van der Waals surface area contributed by atoms with Gasteiger partial charge in [-0.2, -0.15) is 4.58 Å². The standard InChI is InChI=1S/C23H30NO2.C22H27NO2.C19H22O3.C18H22O2.C14H19NO3.C9H11Br.C2H7P.CH3I.2CH4/c1-16(12-18-10-8-7-9-11-18)19-13-17(2)21(25-6)14-20(19)22-24(5)23(3,4)15-26-22;1-15(11-17-9-7-6-8-10-17)18-12-16(2)20(24-5)13-19(18)21-23-22(3,4)14-25-21;1-13(10-15-8-6-5-7-9-15)16-11-14(2)18(21-3)12-17(16)19(20)22-4;1-13(9-15-7-5-4-6-8-15)17-10-14(2)18(20-3)11-16(17)12-19;1-9-6-12(17-5)10(7-11(9)16-4)13-15-14(2,3)8-18-13;1-8(10)7-9-5-3-2-4-6-9;1-3-2;1-2;;/h7-11,13-14,16H,12,15H2,1-6H3;6-10,12-13,15H,11,14H2,1-5H3;5-9,11-13H,10H2,1-4H3;4-8,10-11,13,19H,9,12H2,1-3H3;6-7H,8H2,1-5H3;2-6,8H,7H2,1H3;3H,1-2H3;1H3;2*1H4/q+1;;;;;;;;;. The van der Waals surface area contributed by atoms with E-state index < -0.39 is 0 Å². The average Bonchev–Trinajstić information content (AvgIpc) is 1.63. The van der Waals surface area contributed by atoms with Gasteiger partial charge in [-0.05, 0) is 256 Å². The van der Waals surface area contributed by atoms with Crippen molar-refractivity contribution >= 4 is 70.8 Å². The molecule has 0 bridgehead atoms. The van der Waals surface area contributed by atoms with Crippen LogP contribution in [0.25, 0.3) is 0 Å². The maximum absolute atomic E-state index is 12.1. The van der Waals surface area contributed by atoms with E-state index in [0.717, 1.165) is 137 Å². The Morgan fingerprint density at radius 1 is 0.422 bits per heavy atom. The minimum absolute atomic E-state index is 0. The first kappa shape index (κ1) is 111. The van der Waals surface area contributed by atoms with Gasteiger partial charge in [0.25, 0.3) is 0 Å². The molecule has 13 rings (SSSR count). The summed E-state index contributed by atoms with van der Waals surface area (Å²) in [6.45, 7) is 40.2. The Morgan fingerprint density at radius 3 is 1.05 bits per heavy atom. The van der Waals surface area contributed by atoms with Gasteiger partial charge in [-0.3, -0.25) is 0 Å². The molecule has 5 atom stereocenters. The van der Waals surface area contributed by atoms with E-state index in [2.05, 4.69) is 296 Å². The molecule has 15 nitrogen and oxygen atoms in total. The van der Waals surface area contributed by atoms with Gasteiger partial charge in [0.05, 0.1) is 84.1 Å². The largest absolute Gasteiger partial charge is 0.496 e. The summed E-state index contributed by atoms with van der Waals surface area (Å²) >= 11 is 5.66. The Labute approximate surface area is 793 Å². The number of carbonyl (C=O) groups is 1. The van der Waals surface area contributed by atoms with Gasteiger partial charge < -0.3 is 52.5 Å². The van der Waals surface area contributed by atoms with E-state index in [-0.39, 0.29) is 50.0 Å². The summed E-state index contributed by atoms with van der Waals surface area (Å²) < 4.78 is 57.4. The van der Waals surface area contributed by atoms with Crippen LogP contribution in [0, 0.1) is 34.6 Å². The van der Waals surface area contributed by atoms with Crippen LogP contribution >= 0.6 is 47.1 Å². The second-order valence-corrected chi connectivity index (χ2v) is 36.8. The highest BCUT2D eigenvalue weighted by atomic mass is 127. The second kappa shape index (κ2) is 54.8. The van der Waals surface area contributed by atoms with Crippen molar-refractivity contribution in [2.45, 2.75) is 209 Å². The molecule has 3 heterocycles. The first-order valence-corrected chi connectivity index (χ1v) is 48.3. The first-order chi connectivity index (χ1) is 60.1. The van der Waals surface area contributed by atoms with Gasteiger partial charge >= 0.3 is 11.9 Å². The Morgan fingerprint density at radius 2 is 0.719 bits per heavy atom. The molecule has 0 aliphatic carbocycles. The maximum atomic E-state index is 12.1. The normalized spacial score (nSPS) is 14.3. The van der Waals surface area contributed by atoms with Crippen LogP contribution in [0.3, 0.4) is 0 Å². The molecular formula is C110H149BrIN3O12P+. The number of hydrogen-bond donors (Lipinski definition) is 1. The van der Waals surface area contributed by atoms with Crippen molar-refractivity contribution in [2.24, 2.45) is 9.98 Å². The van der Waals surface area contributed by atoms with Crippen LogP contribution in [-0.4, -0.2) is 150 Å². The lowest BCUT2D eigenvalue weighted by atomic mass is 9.88. The number of aliphatic hydroxyl groups excluding tert-OH is 1. The number of carbonyl (C=O) groups excluding carboxylic acids is 1. The number of aliphatic hydroxyl groups is 1. The molecule has 3 aliphatic heterocycles. The molecule has 128 heavy (non-hydrogen) atoms. The molecule has 0 saturated heterocycles. The zero-order valence-corrected chi connectivity index (χ0v) is 84.7. The number of aryl methyl sites for hydroxylation is 5. The van der Waals surface area contributed by atoms with Crippen LogP contribution in [-0.2, 0) is 57.7 Å². The minimum Gasteiger partial charge on any atom is -0.496 e. The lowest BCUT2D eigenvalue weighted by Gasteiger charge is -2.19. The molecule has 694 valence electrons. The lowest BCUT2D eigenvalue weighted by Crippen LogP contribution is -2.33. The summed E-state index contributed by atoms with van der Waals surface area (Å²) in [7, 11) is 14.6. The molecular weight excluding hydrogens is 1790 g/mol. The highest BCUT2D eigenvalue weighted by Gasteiger charge is 2.42. The van der Waals surface area contributed by atoms with Crippen molar-refractivity contribution in [3.63, 3.8) is 0 Å². The number of hydrogen-bond acceptors (Lipinski definition) is 14. The van der Waals surface area contributed by atoms with Crippen LogP contribution in [0.2, 0.25) is 0 Å². The van der Waals surface area contributed by atoms with Gasteiger partial charge in [-0.1, -0.05) is 264 Å². The van der Waals surface area contributed by atoms with Crippen LogP contribution in [0.4, 0.5) is 0 Å². The van der Waals surface area contributed by atoms with E-state index >= 15 is 0 Å². The highest BCUT2D eigenvalue weighted by molar-refractivity contribution is 14.1. The third-order valence-electron chi connectivity index (χ3n) is 22.1. The van der Waals surface area contributed by atoms with Gasteiger partial charge in [-0.15, -0.1) is 8.58 Å². The van der Waals surface area contributed by atoms with E-state index in [1.807, 2.05) is 94.1 Å². The summed E-state index contributed by atoms with van der Waals surface area (Å²) in [6.07, 6.45) is 4.94. The number of aliphatic imine (C=N–C) groups is 2. The van der Waals surface area contributed by atoms with Crippen LogP contribution in [0.1, 0.15) is 225 Å². The van der Waals surface area contributed by atoms with Crippen molar-refractivity contribution in [2.75, 3.05) is 94.9 Å². The Hall–Kier alpha value is -9.52. The summed E-state index contributed by atoms with van der Waals surface area (Å²) in [5.41, 5.74) is 21.1. The van der Waals surface area contributed by atoms with E-state index in [1.165, 1.54) is 51.6 Å². The molecule has 10 aromatic rings. The van der Waals surface area contributed by atoms with Crippen LogP contribution < -0.4 is 28.4 Å². The Bertz CT molecular complexity index is 5120. The number of rotatable bonds is 25. The molecule has 0 aromatic heterocycles. The SMILES string of the molecule is C.C.CC(Br)Cc1ccccc1.CI.COC(=O)c1cc(OC)c(C)cc1C(C)Cc1ccccc1.COc1cc(C2=NC(C)(C)CO2)c(C(C)Cc2ccccc2)cc1C.COc1cc(C2=NC(C)(C)CO2)c(OC)cc1C.COc1cc(C2=[N+](C)C(C)(C)CO2)c(C(C)Cc2ccccc2)cc1C.COc1cc(CO)c(C(C)Cc2ccccc2)cc1C.CPC. The van der Waals surface area contributed by atoms with Gasteiger partial charge in [0.2, 0.25) is 11.8 Å². The smallest absolute Gasteiger partial charge is 0.370 e. The van der Waals surface area contributed by atoms with E-state index in [0.29, 0.717) is 59.6 Å². The molecule has 0 saturated carbocycles. The summed E-state index contributed by atoms with van der Waals surface area (Å²) in [4.78, 5) is 24.0. The minimum atomic E-state index is -0.326. The molecule has 10 aromatic carbocycles. The monoisotopic (exact) mass is 1940 g/mol. The number of benzene rings is 10. The molecule has 1 N–H and O–H groups in total. The number of ether oxygens (including phenoxy) is 10. The van der Waals surface area contributed by atoms with Gasteiger partial charge in [0, 0.05) is 24.2 Å². The third kappa shape index (κ3) is 33.1. The predicted octanol–water partition coefficient (Wildman–Crippen LogP) is 26.3. The molecule has 0 fully saturated rings. The van der Waals surface area contributed by atoms with Gasteiger partial charge in [0.1, 0.15) is 54.8 Å². The third-order valence-corrected chi connectivity index (χ3v) is 22.4. The van der Waals surface area contributed by atoms with Gasteiger partial charge in [-0.25, -0.2) is 14.8 Å². The van der Waals surface area contributed by atoms with Crippen molar-refractivity contribution in [3.8, 4) is 34.5 Å². The van der Waals surface area contributed by atoms with E-state index in [1.54, 1.807) is 48.7 Å². The van der Waals surface area contributed by atoms with Crippen LogP contribution in [0.5, 0.6) is 34.5 Å².